The molecule has 0 unspecified atom stereocenters. The number of nitrogens with zero attached hydrogens (tertiary/aromatic N) is 1. The first-order chi connectivity index (χ1) is 13.7. The van der Waals surface area contributed by atoms with E-state index < -0.39 is 0 Å². The molecule has 1 aliphatic rings. The molecule has 146 valence electrons. The standard InChI is InChI=1S/C22H23NO4S/c1-3-27-17-12-10-16(11-13-17)19-20(28-18-8-5-4-6-9-18)22(25)23(21(19)24)14-7-15-26-2/h4-6,8-13H,3,7,14-15H2,1-2H3. The van der Waals surface area contributed by atoms with Gasteiger partial charge in [0.2, 0.25) is 0 Å². The highest BCUT2D eigenvalue weighted by atomic mass is 32.2. The summed E-state index contributed by atoms with van der Waals surface area (Å²) in [5.74, 6) is 0.223. The second kappa shape index (κ2) is 9.57. The number of hydrogen-bond donors (Lipinski definition) is 0. The van der Waals surface area contributed by atoms with Crippen LogP contribution in [0.2, 0.25) is 0 Å². The minimum absolute atomic E-state index is 0.251. The molecule has 0 aromatic heterocycles. The molecular weight excluding hydrogens is 374 g/mol. The normalized spacial score (nSPS) is 14.1. The Morgan fingerprint density at radius 1 is 0.964 bits per heavy atom. The molecule has 5 nitrogen and oxygen atoms in total. The molecule has 0 fully saturated rings. The summed E-state index contributed by atoms with van der Waals surface area (Å²) in [6, 6.07) is 16.9. The summed E-state index contributed by atoms with van der Waals surface area (Å²) in [4.78, 5) is 28.8. The van der Waals surface area contributed by atoms with Gasteiger partial charge in [0, 0.05) is 25.2 Å². The zero-order valence-electron chi connectivity index (χ0n) is 16.0. The van der Waals surface area contributed by atoms with Crippen LogP contribution in [0.15, 0.2) is 64.4 Å². The van der Waals surface area contributed by atoms with E-state index in [1.54, 1.807) is 7.11 Å². The van der Waals surface area contributed by atoms with Crippen molar-refractivity contribution in [2.75, 3.05) is 26.9 Å². The van der Waals surface area contributed by atoms with Gasteiger partial charge in [-0.3, -0.25) is 14.5 Å². The lowest BCUT2D eigenvalue weighted by Crippen LogP contribution is -2.33. The van der Waals surface area contributed by atoms with Gasteiger partial charge in [-0.05, 0) is 43.2 Å². The molecule has 1 aliphatic heterocycles. The monoisotopic (exact) mass is 397 g/mol. The van der Waals surface area contributed by atoms with Gasteiger partial charge in [0.05, 0.1) is 17.1 Å². The molecule has 0 radical (unpaired) electrons. The predicted molar refractivity (Wildman–Crippen MR) is 110 cm³/mol. The molecular formula is C22H23NO4S. The third kappa shape index (κ3) is 4.46. The molecule has 0 N–H and O–H groups in total. The number of hydrogen-bond acceptors (Lipinski definition) is 5. The highest BCUT2D eigenvalue weighted by molar-refractivity contribution is 8.04. The molecule has 2 amide bonds. The molecule has 6 heteroatoms. The van der Waals surface area contributed by atoms with Crippen LogP contribution < -0.4 is 4.74 Å². The molecule has 0 spiro atoms. The number of methoxy groups -OCH3 is 1. The summed E-state index contributed by atoms with van der Waals surface area (Å²) in [6.07, 6.45) is 0.605. The van der Waals surface area contributed by atoms with E-state index in [4.69, 9.17) is 9.47 Å². The van der Waals surface area contributed by atoms with Crippen LogP contribution in [0.1, 0.15) is 18.9 Å². The highest BCUT2D eigenvalue weighted by Gasteiger charge is 2.39. The quantitative estimate of drug-likeness (QED) is 0.473. The van der Waals surface area contributed by atoms with E-state index >= 15 is 0 Å². The molecule has 1 heterocycles. The number of thioether (sulfide) groups is 1. The zero-order chi connectivity index (χ0) is 19.9. The first-order valence-corrected chi connectivity index (χ1v) is 10.0. The third-order valence-corrected chi connectivity index (χ3v) is 5.36. The van der Waals surface area contributed by atoms with E-state index in [1.165, 1.54) is 16.7 Å². The van der Waals surface area contributed by atoms with Crippen LogP contribution in [-0.4, -0.2) is 43.6 Å². The number of carbonyl (C=O) groups is 2. The van der Waals surface area contributed by atoms with E-state index in [9.17, 15) is 9.59 Å². The summed E-state index contributed by atoms with van der Waals surface area (Å²) in [6.45, 7) is 3.32. The van der Waals surface area contributed by atoms with Gasteiger partial charge in [-0.2, -0.15) is 0 Å². The van der Waals surface area contributed by atoms with Crippen molar-refractivity contribution in [3.05, 3.63) is 65.1 Å². The number of ether oxygens (including phenoxy) is 2. The minimum atomic E-state index is -0.260. The van der Waals surface area contributed by atoms with E-state index in [2.05, 4.69) is 0 Å². The maximum absolute atomic E-state index is 13.1. The Hall–Kier alpha value is -2.57. The van der Waals surface area contributed by atoms with Crippen LogP contribution in [-0.2, 0) is 14.3 Å². The number of rotatable bonds is 9. The van der Waals surface area contributed by atoms with Crippen molar-refractivity contribution < 1.29 is 19.1 Å². The Morgan fingerprint density at radius 3 is 2.32 bits per heavy atom. The molecule has 0 atom stereocenters. The van der Waals surface area contributed by atoms with Crippen LogP contribution in [0, 0.1) is 0 Å². The predicted octanol–water partition coefficient (Wildman–Crippen LogP) is 3.99. The summed E-state index contributed by atoms with van der Waals surface area (Å²) in [5.41, 5.74) is 1.16. The molecule has 2 aromatic rings. The molecule has 2 aromatic carbocycles. The Bertz CT molecular complexity index is 862. The Labute approximate surface area is 169 Å². The summed E-state index contributed by atoms with van der Waals surface area (Å²) < 4.78 is 10.5. The molecule has 0 saturated carbocycles. The second-order valence-electron chi connectivity index (χ2n) is 6.18. The fourth-order valence-electron chi connectivity index (χ4n) is 2.96. The van der Waals surface area contributed by atoms with E-state index in [-0.39, 0.29) is 11.8 Å². The molecule has 0 saturated heterocycles. The third-order valence-electron chi connectivity index (χ3n) is 4.27. The van der Waals surface area contributed by atoms with Gasteiger partial charge in [0.15, 0.2) is 0 Å². The van der Waals surface area contributed by atoms with Crippen LogP contribution >= 0.6 is 11.8 Å². The van der Waals surface area contributed by atoms with Crippen molar-refractivity contribution in [2.24, 2.45) is 0 Å². The maximum atomic E-state index is 13.1. The first kappa shape index (κ1) is 20.2. The van der Waals surface area contributed by atoms with Gasteiger partial charge in [-0.15, -0.1) is 0 Å². The Balaban J connectivity index is 1.95. The van der Waals surface area contributed by atoms with Crippen molar-refractivity contribution in [2.45, 2.75) is 18.2 Å². The largest absolute Gasteiger partial charge is 0.494 e. The second-order valence-corrected chi connectivity index (χ2v) is 7.27. The fraction of sp³-hybridized carbons (Fsp3) is 0.273. The highest BCUT2D eigenvalue weighted by Crippen LogP contribution is 2.39. The maximum Gasteiger partial charge on any atom is 0.268 e. The van der Waals surface area contributed by atoms with Gasteiger partial charge in [-0.25, -0.2) is 0 Å². The topological polar surface area (TPSA) is 55.8 Å². The van der Waals surface area contributed by atoms with E-state index in [0.717, 1.165) is 16.2 Å². The van der Waals surface area contributed by atoms with Crippen molar-refractivity contribution >= 4 is 29.1 Å². The summed E-state index contributed by atoms with van der Waals surface area (Å²) in [5, 5.41) is 0. The molecule has 3 rings (SSSR count). The van der Waals surface area contributed by atoms with Gasteiger partial charge >= 0.3 is 0 Å². The minimum Gasteiger partial charge on any atom is -0.494 e. The molecule has 0 bridgehead atoms. The van der Waals surface area contributed by atoms with Crippen molar-refractivity contribution in [3.63, 3.8) is 0 Å². The zero-order valence-corrected chi connectivity index (χ0v) is 16.8. The van der Waals surface area contributed by atoms with E-state index in [0.29, 0.717) is 36.7 Å². The van der Waals surface area contributed by atoms with Gasteiger partial charge in [0.25, 0.3) is 11.8 Å². The Kier molecular flexibility index (Phi) is 6.90. The summed E-state index contributed by atoms with van der Waals surface area (Å²) in [7, 11) is 1.61. The first-order valence-electron chi connectivity index (χ1n) is 9.21. The van der Waals surface area contributed by atoms with Crippen LogP contribution in [0.5, 0.6) is 5.75 Å². The number of carbonyl (C=O) groups excluding carboxylic acids is 2. The van der Waals surface area contributed by atoms with Gasteiger partial charge < -0.3 is 9.47 Å². The van der Waals surface area contributed by atoms with Crippen molar-refractivity contribution in [3.8, 4) is 5.75 Å². The lowest BCUT2D eigenvalue weighted by molar-refractivity contribution is -0.136. The average Bonchev–Trinajstić information content (AvgIpc) is 2.94. The smallest absolute Gasteiger partial charge is 0.268 e. The number of amides is 2. The lowest BCUT2D eigenvalue weighted by Gasteiger charge is -2.14. The number of imide groups is 1. The fourth-order valence-corrected chi connectivity index (χ4v) is 4.00. The van der Waals surface area contributed by atoms with Crippen LogP contribution in [0.3, 0.4) is 0 Å². The molecule has 0 aliphatic carbocycles. The Morgan fingerprint density at radius 2 is 1.68 bits per heavy atom. The average molecular weight is 397 g/mol. The number of benzene rings is 2. The van der Waals surface area contributed by atoms with Crippen molar-refractivity contribution in [1.29, 1.82) is 0 Å². The van der Waals surface area contributed by atoms with Crippen LogP contribution in [0.4, 0.5) is 0 Å². The van der Waals surface area contributed by atoms with E-state index in [1.807, 2.05) is 61.5 Å². The van der Waals surface area contributed by atoms with Gasteiger partial charge in [-0.1, -0.05) is 42.1 Å². The van der Waals surface area contributed by atoms with Crippen molar-refractivity contribution in [1.82, 2.24) is 4.90 Å². The lowest BCUT2D eigenvalue weighted by atomic mass is 10.1. The molecule has 28 heavy (non-hydrogen) atoms. The van der Waals surface area contributed by atoms with Crippen LogP contribution in [0.25, 0.3) is 5.57 Å². The van der Waals surface area contributed by atoms with Gasteiger partial charge in [0.1, 0.15) is 5.75 Å². The SMILES string of the molecule is CCOc1ccc(C2=C(Sc3ccccc3)C(=O)N(CCCOC)C2=O)cc1. The summed E-state index contributed by atoms with van der Waals surface area (Å²) >= 11 is 1.33.